The molecule has 27 heavy (non-hydrogen) atoms. The van der Waals surface area contributed by atoms with Gasteiger partial charge in [-0.2, -0.15) is 13.2 Å². The first-order valence-corrected chi connectivity index (χ1v) is 8.25. The first kappa shape index (κ1) is 24.0. The minimum atomic E-state index is -4.66. The van der Waals surface area contributed by atoms with Gasteiger partial charge in [-0.1, -0.05) is 30.4 Å². The van der Waals surface area contributed by atoms with E-state index in [2.05, 4.69) is 0 Å². The van der Waals surface area contributed by atoms with Crippen molar-refractivity contribution < 1.29 is 67.2 Å². The number of phenolic OH excluding ortho intramolecular Hbond substituents is 1. The van der Waals surface area contributed by atoms with Crippen molar-refractivity contribution in [3.63, 3.8) is 0 Å². The Bertz CT molecular complexity index is 636. The number of phenols is 1. The van der Waals surface area contributed by atoms with Crippen LogP contribution < -0.4 is 34.7 Å². The fourth-order valence-electron chi connectivity index (χ4n) is 2.75. The third-order valence-electron chi connectivity index (χ3n) is 4.03. The summed E-state index contributed by atoms with van der Waals surface area (Å²) >= 11 is 0. The molecule has 0 radical (unpaired) electrons. The zero-order valence-corrected chi connectivity index (χ0v) is 16.9. The molecule has 0 aliphatic carbocycles. The zero-order chi connectivity index (χ0) is 19.2. The van der Waals surface area contributed by atoms with Crippen molar-refractivity contribution in [2.45, 2.75) is 44.3 Å². The number of ether oxygens (including phenoxy) is 2. The van der Waals surface area contributed by atoms with E-state index in [9.17, 15) is 28.2 Å². The molecule has 1 saturated heterocycles. The summed E-state index contributed by atoms with van der Waals surface area (Å²) in [5.74, 6) is -1.67. The number of rotatable bonds is 7. The van der Waals surface area contributed by atoms with Crippen LogP contribution in [-0.4, -0.2) is 30.1 Å². The molecule has 1 aliphatic heterocycles. The third-order valence-corrected chi connectivity index (χ3v) is 4.03. The Morgan fingerprint density at radius 2 is 2.00 bits per heavy atom. The Balaban J connectivity index is 0.00000364. The Morgan fingerprint density at radius 3 is 2.63 bits per heavy atom. The van der Waals surface area contributed by atoms with Crippen molar-refractivity contribution >= 4 is 5.97 Å². The average molecular weight is 396 g/mol. The van der Waals surface area contributed by atoms with Crippen LogP contribution in [0.1, 0.15) is 37.4 Å². The maximum Gasteiger partial charge on any atom is 1.00 e. The predicted molar refractivity (Wildman–Crippen MR) is 83.8 cm³/mol. The molecule has 0 bridgehead atoms. The molecule has 1 fully saturated rings. The molecule has 0 aromatic heterocycles. The number of unbranched alkanes of at least 4 members (excludes halogenated alkanes) is 1. The molecule has 0 amide bonds. The Labute approximate surface area is 177 Å². The second kappa shape index (κ2) is 11.1. The molecular formula is C18H20F3NaO5. The summed E-state index contributed by atoms with van der Waals surface area (Å²) in [6.07, 6.45) is -3.17. The predicted octanol–water partition coefficient (Wildman–Crippen LogP) is -0.145. The van der Waals surface area contributed by atoms with Gasteiger partial charge in [-0.15, -0.1) is 0 Å². The Hall–Kier alpha value is -1.06. The van der Waals surface area contributed by atoms with Crippen LogP contribution in [0.4, 0.5) is 13.2 Å². The van der Waals surface area contributed by atoms with Crippen molar-refractivity contribution in [1.82, 2.24) is 0 Å². The molecule has 3 unspecified atom stereocenters. The molecule has 1 aliphatic rings. The van der Waals surface area contributed by atoms with E-state index in [1.807, 2.05) is 0 Å². The second-order valence-corrected chi connectivity index (χ2v) is 6.05. The number of allylic oxidation sites excluding steroid dienone is 2. The number of hydrogen-bond donors (Lipinski definition) is 1. The van der Waals surface area contributed by atoms with Gasteiger partial charge in [0.15, 0.2) is 0 Å². The van der Waals surface area contributed by atoms with Crippen LogP contribution in [0.3, 0.4) is 0 Å². The Morgan fingerprint density at radius 1 is 1.30 bits per heavy atom. The summed E-state index contributed by atoms with van der Waals surface area (Å²) < 4.78 is 48.7. The maximum absolute atomic E-state index is 12.9. The van der Waals surface area contributed by atoms with E-state index < -0.39 is 30.5 Å². The van der Waals surface area contributed by atoms with E-state index >= 15 is 0 Å². The summed E-state index contributed by atoms with van der Waals surface area (Å²) in [5, 5.41) is 20.3. The van der Waals surface area contributed by atoms with Crippen molar-refractivity contribution in [3.8, 4) is 5.75 Å². The molecule has 1 N–H and O–H groups in total. The Kier molecular flexibility index (Phi) is 9.83. The number of aliphatic carboxylic acids is 1. The minimum absolute atomic E-state index is 0. The van der Waals surface area contributed by atoms with Crippen LogP contribution in [-0.2, 0) is 14.3 Å². The number of alkyl halides is 3. The molecule has 1 aromatic carbocycles. The molecule has 0 saturated carbocycles. The number of para-hydroxylation sites is 1. The SMILES string of the molecule is O=C([O-])CCC/C=C\CC1COC(C(F)(F)F)OC1c1ccccc1O.[Na+]. The number of carbonyl (C=O) groups is 1. The number of carbonyl (C=O) groups excluding carboxylic acids is 1. The van der Waals surface area contributed by atoms with Gasteiger partial charge in [0, 0.05) is 17.5 Å². The molecule has 0 spiro atoms. The number of aromatic hydroxyl groups is 1. The summed E-state index contributed by atoms with van der Waals surface area (Å²) in [4.78, 5) is 10.3. The average Bonchev–Trinajstić information content (AvgIpc) is 2.57. The fraction of sp³-hybridized carbons (Fsp3) is 0.500. The monoisotopic (exact) mass is 396 g/mol. The van der Waals surface area contributed by atoms with E-state index in [4.69, 9.17) is 9.47 Å². The van der Waals surface area contributed by atoms with Crippen LogP contribution in [0, 0.1) is 5.92 Å². The summed E-state index contributed by atoms with van der Waals surface area (Å²) in [6, 6.07) is 6.11. The summed E-state index contributed by atoms with van der Waals surface area (Å²) in [7, 11) is 0. The van der Waals surface area contributed by atoms with Crippen LogP contribution in [0.15, 0.2) is 36.4 Å². The van der Waals surface area contributed by atoms with Gasteiger partial charge in [0.1, 0.15) is 5.75 Å². The summed E-state index contributed by atoms with van der Waals surface area (Å²) in [6.45, 7) is -0.174. The van der Waals surface area contributed by atoms with Gasteiger partial charge in [-0.25, -0.2) is 0 Å². The first-order valence-electron chi connectivity index (χ1n) is 8.25. The van der Waals surface area contributed by atoms with Crippen LogP contribution in [0.25, 0.3) is 0 Å². The largest absolute Gasteiger partial charge is 1.00 e. The van der Waals surface area contributed by atoms with Gasteiger partial charge in [0.2, 0.25) is 0 Å². The number of carboxylic acid groups (broad SMARTS) is 1. The van der Waals surface area contributed by atoms with Crippen LogP contribution >= 0.6 is 0 Å². The number of carboxylic acids is 1. The van der Waals surface area contributed by atoms with E-state index in [1.165, 1.54) is 12.1 Å². The molecule has 5 nitrogen and oxygen atoms in total. The van der Waals surface area contributed by atoms with E-state index in [0.29, 0.717) is 19.3 Å². The smallest absolute Gasteiger partial charge is 0.550 e. The van der Waals surface area contributed by atoms with Crippen molar-refractivity contribution in [2.24, 2.45) is 5.92 Å². The van der Waals surface area contributed by atoms with Crippen molar-refractivity contribution in [2.75, 3.05) is 6.61 Å². The first-order chi connectivity index (χ1) is 12.3. The fourth-order valence-corrected chi connectivity index (χ4v) is 2.75. The van der Waals surface area contributed by atoms with Crippen LogP contribution in [0.2, 0.25) is 0 Å². The van der Waals surface area contributed by atoms with E-state index in [-0.39, 0.29) is 53.9 Å². The van der Waals surface area contributed by atoms with Gasteiger partial charge in [0.05, 0.1) is 12.7 Å². The van der Waals surface area contributed by atoms with Gasteiger partial charge in [-0.3, -0.25) is 0 Å². The van der Waals surface area contributed by atoms with Gasteiger partial charge in [-0.05, 0) is 31.7 Å². The van der Waals surface area contributed by atoms with E-state index in [0.717, 1.165) is 0 Å². The van der Waals surface area contributed by atoms with E-state index in [1.54, 1.807) is 24.3 Å². The second-order valence-electron chi connectivity index (χ2n) is 6.05. The molecule has 1 heterocycles. The molecule has 9 heteroatoms. The molecule has 1 aromatic rings. The molecule has 3 atom stereocenters. The molecule has 2 rings (SSSR count). The van der Waals surface area contributed by atoms with Crippen molar-refractivity contribution in [3.05, 3.63) is 42.0 Å². The topological polar surface area (TPSA) is 78.8 Å². The standard InChI is InChI=1S/C18H21F3O5.Na/c19-18(20,21)17-25-11-12(7-3-1-2-4-10-15(23)24)16(26-17)13-8-5-6-9-14(13)22;/h1,3,5-6,8-9,12,16-17,22H,2,4,7,10-11H2,(H,23,24);/q;+1/p-1/b3-1-;. The third kappa shape index (κ3) is 7.46. The quantitative estimate of drug-likeness (QED) is 0.394. The van der Waals surface area contributed by atoms with Gasteiger partial charge < -0.3 is 24.5 Å². The van der Waals surface area contributed by atoms with Gasteiger partial charge in [0.25, 0.3) is 6.29 Å². The molecular weight excluding hydrogens is 376 g/mol. The van der Waals surface area contributed by atoms with Gasteiger partial charge >= 0.3 is 35.7 Å². The van der Waals surface area contributed by atoms with Crippen LogP contribution in [0.5, 0.6) is 5.75 Å². The van der Waals surface area contributed by atoms with Crippen molar-refractivity contribution in [1.29, 1.82) is 0 Å². The number of halogens is 3. The summed E-state index contributed by atoms with van der Waals surface area (Å²) in [5.41, 5.74) is 0.278. The number of hydrogen-bond acceptors (Lipinski definition) is 5. The zero-order valence-electron chi connectivity index (χ0n) is 14.9. The normalized spacial score (nSPS) is 23.1. The molecule has 144 valence electrons. The maximum atomic E-state index is 12.9. The minimum Gasteiger partial charge on any atom is -0.550 e. The number of benzene rings is 1.